The summed E-state index contributed by atoms with van der Waals surface area (Å²) in [5.41, 5.74) is 3.50. The van der Waals surface area contributed by atoms with E-state index in [1.807, 2.05) is 42.5 Å². The first-order chi connectivity index (χ1) is 11.3. The van der Waals surface area contributed by atoms with Crippen molar-refractivity contribution in [2.24, 2.45) is 0 Å². The fourth-order valence-electron chi connectivity index (χ4n) is 2.77. The van der Waals surface area contributed by atoms with Crippen molar-refractivity contribution in [1.82, 2.24) is 0 Å². The monoisotopic (exact) mass is 306 g/mol. The largest absolute Gasteiger partial charge is 0.369 e. The zero-order valence-electron chi connectivity index (χ0n) is 13.2. The van der Waals surface area contributed by atoms with Crippen LogP contribution in [0.25, 0.3) is 0 Å². The van der Waals surface area contributed by atoms with E-state index < -0.39 is 0 Å². The lowest BCUT2D eigenvalue weighted by molar-refractivity contribution is 0.0179. The van der Waals surface area contributed by atoms with E-state index in [-0.39, 0.29) is 12.2 Å². The number of hydrogen-bond acceptors (Lipinski definition) is 2. The fraction of sp³-hybridized carbons (Fsp3) is 0.238. The van der Waals surface area contributed by atoms with Crippen LogP contribution in [0.2, 0.25) is 0 Å². The molecular formula is C21H22O2. The first-order valence-electron chi connectivity index (χ1n) is 8.00. The quantitative estimate of drug-likeness (QED) is 0.740. The van der Waals surface area contributed by atoms with Gasteiger partial charge in [-0.15, -0.1) is 0 Å². The molecule has 0 fully saturated rings. The second kappa shape index (κ2) is 7.91. The molecule has 0 N–H and O–H groups in total. The van der Waals surface area contributed by atoms with Gasteiger partial charge in [0.1, 0.15) is 0 Å². The second-order valence-corrected chi connectivity index (χ2v) is 5.73. The molecule has 2 atom stereocenters. The molecule has 23 heavy (non-hydrogen) atoms. The normalized spacial score (nSPS) is 20.3. The highest BCUT2D eigenvalue weighted by molar-refractivity contribution is 5.28. The zero-order chi connectivity index (χ0) is 15.9. The van der Waals surface area contributed by atoms with Crippen molar-refractivity contribution >= 4 is 0 Å². The summed E-state index contributed by atoms with van der Waals surface area (Å²) in [7, 11) is 0. The summed E-state index contributed by atoms with van der Waals surface area (Å²) < 4.78 is 12.1. The molecule has 118 valence electrons. The van der Waals surface area contributed by atoms with E-state index >= 15 is 0 Å². The third-order valence-electron chi connectivity index (χ3n) is 4.03. The Morgan fingerprint density at radius 2 is 1.43 bits per heavy atom. The van der Waals surface area contributed by atoms with Crippen LogP contribution in [0, 0.1) is 0 Å². The number of benzene rings is 2. The van der Waals surface area contributed by atoms with E-state index in [1.165, 1.54) is 11.1 Å². The lowest BCUT2D eigenvalue weighted by Crippen LogP contribution is -2.16. The average Bonchev–Trinajstić information content (AvgIpc) is 3.02. The Balaban J connectivity index is 1.53. The molecule has 0 aromatic heterocycles. The van der Waals surface area contributed by atoms with E-state index in [9.17, 15) is 0 Å². The summed E-state index contributed by atoms with van der Waals surface area (Å²) in [6, 6.07) is 20.5. The Morgan fingerprint density at radius 1 is 0.870 bits per heavy atom. The Labute approximate surface area is 138 Å². The van der Waals surface area contributed by atoms with Crippen LogP contribution in [0.3, 0.4) is 0 Å². The smallest absolute Gasteiger partial charge is 0.0855 e. The van der Waals surface area contributed by atoms with Crippen LogP contribution < -0.4 is 0 Å². The molecule has 0 saturated carbocycles. The summed E-state index contributed by atoms with van der Waals surface area (Å²) in [5.74, 6) is 0. The van der Waals surface area contributed by atoms with Crippen LogP contribution in [0.5, 0.6) is 0 Å². The van der Waals surface area contributed by atoms with Gasteiger partial charge < -0.3 is 9.47 Å². The van der Waals surface area contributed by atoms with Crippen molar-refractivity contribution in [1.29, 1.82) is 0 Å². The van der Waals surface area contributed by atoms with Crippen LogP contribution in [0.15, 0.2) is 85.0 Å². The minimum Gasteiger partial charge on any atom is -0.369 e. The SMILES string of the molecule is C=CC1=C[C@@H](OCc2ccccc2)C[C@H]1OCc1ccccc1. The first-order valence-corrected chi connectivity index (χ1v) is 8.00. The van der Waals surface area contributed by atoms with Crippen molar-refractivity contribution in [2.75, 3.05) is 0 Å². The molecule has 2 heteroatoms. The van der Waals surface area contributed by atoms with Crippen LogP contribution in [0.1, 0.15) is 17.5 Å². The first kappa shape index (κ1) is 15.7. The van der Waals surface area contributed by atoms with Crippen LogP contribution in [-0.4, -0.2) is 12.2 Å². The number of ether oxygens (including phenoxy) is 2. The predicted molar refractivity (Wildman–Crippen MR) is 92.9 cm³/mol. The van der Waals surface area contributed by atoms with E-state index in [0.717, 1.165) is 12.0 Å². The van der Waals surface area contributed by atoms with Gasteiger partial charge in [-0.05, 0) is 22.8 Å². The molecule has 0 unspecified atom stereocenters. The van der Waals surface area contributed by atoms with E-state index in [2.05, 4.69) is 36.9 Å². The minimum atomic E-state index is 0.0634. The fourth-order valence-corrected chi connectivity index (χ4v) is 2.77. The Kier molecular flexibility index (Phi) is 5.41. The van der Waals surface area contributed by atoms with Crippen LogP contribution >= 0.6 is 0 Å². The van der Waals surface area contributed by atoms with Gasteiger partial charge in [0, 0.05) is 6.42 Å². The third kappa shape index (κ3) is 4.41. The molecule has 0 amide bonds. The highest BCUT2D eigenvalue weighted by atomic mass is 16.5. The summed E-state index contributed by atoms with van der Waals surface area (Å²) in [6.07, 6.45) is 5.01. The van der Waals surface area contributed by atoms with Crippen LogP contribution in [0.4, 0.5) is 0 Å². The maximum atomic E-state index is 6.06. The lowest BCUT2D eigenvalue weighted by atomic mass is 10.2. The van der Waals surface area contributed by atoms with Gasteiger partial charge >= 0.3 is 0 Å². The maximum Gasteiger partial charge on any atom is 0.0855 e. The summed E-state index contributed by atoms with van der Waals surface area (Å²) >= 11 is 0. The average molecular weight is 306 g/mol. The topological polar surface area (TPSA) is 18.5 Å². The van der Waals surface area contributed by atoms with Gasteiger partial charge in [0.25, 0.3) is 0 Å². The highest BCUT2D eigenvalue weighted by Crippen LogP contribution is 2.27. The molecule has 1 aliphatic rings. The molecule has 0 radical (unpaired) electrons. The molecule has 0 aliphatic heterocycles. The molecule has 2 nitrogen and oxygen atoms in total. The summed E-state index contributed by atoms with van der Waals surface area (Å²) in [5, 5.41) is 0. The van der Waals surface area contributed by atoms with Crippen molar-refractivity contribution in [3.05, 3.63) is 96.1 Å². The molecule has 3 rings (SSSR count). The Hall–Kier alpha value is -2.16. The summed E-state index contributed by atoms with van der Waals surface area (Å²) in [6.45, 7) is 5.13. The Bertz CT molecular complexity index is 646. The molecule has 0 bridgehead atoms. The lowest BCUT2D eigenvalue weighted by Gasteiger charge is -2.16. The van der Waals surface area contributed by atoms with Crippen molar-refractivity contribution in [2.45, 2.75) is 31.8 Å². The van der Waals surface area contributed by atoms with E-state index in [0.29, 0.717) is 13.2 Å². The molecule has 0 heterocycles. The highest BCUT2D eigenvalue weighted by Gasteiger charge is 2.26. The van der Waals surface area contributed by atoms with Crippen molar-refractivity contribution in [3.8, 4) is 0 Å². The molecule has 0 spiro atoms. The predicted octanol–water partition coefficient (Wildman–Crippen LogP) is 4.67. The van der Waals surface area contributed by atoms with Crippen LogP contribution in [-0.2, 0) is 22.7 Å². The van der Waals surface area contributed by atoms with Gasteiger partial charge in [-0.25, -0.2) is 0 Å². The molecule has 1 aliphatic carbocycles. The van der Waals surface area contributed by atoms with E-state index in [4.69, 9.17) is 9.47 Å². The molecule has 2 aromatic rings. The molecular weight excluding hydrogens is 284 g/mol. The van der Waals surface area contributed by atoms with Crippen molar-refractivity contribution in [3.63, 3.8) is 0 Å². The van der Waals surface area contributed by atoms with Gasteiger partial charge in [-0.1, -0.05) is 73.3 Å². The van der Waals surface area contributed by atoms with Crippen molar-refractivity contribution < 1.29 is 9.47 Å². The maximum absolute atomic E-state index is 6.06. The second-order valence-electron chi connectivity index (χ2n) is 5.73. The van der Waals surface area contributed by atoms with E-state index in [1.54, 1.807) is 0 Å². The number of hydrogen-bond donors (Lipinski definition) is 0. The number of rotatable bonds is 7. The standard InChI is InChI=1S/C21H22O2/c1-2-19-13-20(22-15-17-9-5-3-6-10-17)14-21(19)23-16-18-11-7-4-8-12-18/h2-13,20-21H,1,14-16H2/t20-,21-/m1/s1. The van der Waals surface area contributed by atoms with Gasteiger partial charge in [-0.3, -0.25) is 0 Å². The minimum absolute atomic E-state index is 0.0634. The van der Waals surface area contributed by atoms with Gasteiger partial charge in [0.05, 0.1) is 25.4 Å². The zero-order valence-corrected chi connectivity index (χ0v) is 13.2. The van der Waals surface area contributed by atoms with Gasteiger partial charge in [0.2, 0.25) is 0 Å². The van der Waals surface area contributed by atoms with Gasteiger partial charge in [0.15, 0.2) is 0 Å². The molecule has 2 aromatic carbocycles. The molecule has 0 saturated heterocycles. The summed E-state index contributed by atoms with van der Waals surface area (Å²) in [4.78, 5) is 0. The third-order valence-corrected chi connectivity index (χ3v) is 4.03. The van der Waals surface area contributed by atoms with Gasteiger partial charge in [-0.2, -0.15) is 0 Å². The Morgan fingerprint density at radius 3 is 2.00 bits per heavy atom.